The number of nitrogens with one attached hydrogen (secondary N) is 1. The van der Waals surface area contributed by atoms with E-state index in [9.17, 15) is 14.7 Å². The molecule has 3 aromatic carbocycles. The number of benzene rings is 3. The lowest BCUT2D eigenvalue weighted by Crippen LogP contribution is -2.30. The Morgan fingerprint density at radius 3 is 2.58 bits per heavy atom. The van der Waals surface area contributed by atoms with Crippen LogP contribution in [-0.4, -0.2) is 43.9 Å². The van der Waals surface area contributed by atoms with E-state index in [1.165, 1.54) is 6.07 Å². The predicted octanol–water partition coefficient (Wildman–Crippen LogP) is 4.07. The van der Waals surface area contributed by atoms with Crippen molar-refractivity contribution < 1.29 is 24.2 Å². The van der Waals surface area contributed by atoms with Crippen LogP contribution in [0.25, 0.3) is 16.8 Å². The van der Waals surface area contributed by atoms with Gasteiger partial charge in [0.25, 0.3) is 5.91 Å². The molecule has 3 aromatic rings. The van der Waals surface area contributed by atoms with Crippen LogP contribution >= 0.6 is 0 Å². The van der Waals surface area contributed by atoms with Crippen molar-refractivity contribution in [2.45, 2.75) is 6.92 Å². The molecule has 6 heteroatoms. The van der Waals surface area contributed by atoms with Crippen LogP contribution in [0.3, 0.4) is 0 Å². The first kappa shape index (κ1) is 22.1. The Morgan fingerprint density at radius 2 is 1.84 bits per heavy atom. The van der Waals surface area contributed by atoms with E-state index in [0.29, 0.717) is 30.0 Å². The maximum absolute atomic E-state index is 12.8. The van der Waals surface area contributed by atoms with Crippen LogP contribution in [0.4, 0.5) is 0 Å². The van der Waals surface area contributed by atoms with E-state index in [1.807, 2.05) is 42.5 Å². The summed E-state index contributed by atoms with van der Waals surface area (Å²) in [4.78, 5) is 24.0. The van der Waals surface area contributed by atoms with Crippen molar-refractivity contribution in [3.8, 4) is 5.75 Å². The van der Waals surface area contributed by atoms with Gasteiger partial charge in [-0.3, -0.25) is 4.79 Å². The number of carboxylic acid groups (broad SMARTS) is 1. The van der Waals surface area contributed by atoms with Gasteiger partial charge in [-0.2, -0.15) is 0 Å². The minimum atomic E-state index is -0.982. The third kappa shape index (κ3) is 5.71. The van der Waals surface area contributed by atoms with Gasteiger partial charge in [-0.05, 0) is 41.6 Å². The molecule has 0 unspecified atom stereocenters. The number of aryl methyl sites for hydroxylation is 1. The van der Waals surface area contributed by atoms with E-state index in [0.717, 1.165) is 16.3 Å². The third-order valence-corrected chi connectivity index (χ3v) is 4.84. The summed E-state index contributed by atoms with van der Waals surface area (Å²) < 4.78 is 11.0. The number of methoxy groups -OCH3 is 1. The lowest BCUT2D eigenvalue weighted by Gasteiger charge is -2.13. The highest BCUT2D eigenvalue weighted by molar-refractivity contribution is 5.98. The van der Waals surface area contributed by atoms with Crippen molar-refractivity contribution in [3.63, 3.8) is 0 Å². The Hall–Kier alpha value is -3.64. The molecule has 0 aliphatic heterocycles. The summed E-state index contributed by atoms with van der Waals surface area (Å²) in [6.07, 6.45) is 1.71. The van der Waals surface area contributed by atoms with Gasteiger partial charge in [0.2, 0.25) is 0 Å². The molecular formula is C25H25NO5. The van der Waals surface area contributed by atoms with E-state index < -0.39 is 5.97 Å². The van der Waals surface area contributed by atoms with Crippen molar-refractivity contribution in [1.82, 2.24) is 5.32 Å². The van der Waals surface area contributed by atoms with E-state index in [1.54, 1.807) is 32.2 Å². The van der Waals surface area contributed by atoms with Crippen molar-refractivity contribution in [2.24, 2.45) is 0 Å². The van der Waals surface area contributed by atoms with Crippen LogP contribution in [-0.2, 0) is 9.53 Å². The summed E-state index contributed by atoms with van der Waals surface area (Å²) in [6, 6.07) is 18.6. The number of rotatable bonds is 9. The fourth-order valence-corrected chi connectivity index (χ4v) is 3.25. The monoisotopic (exact) mass is 419 g/mol. The second kappa shape index (κ2) is 10.4. The highest BCUT2D eigenvalue weighted by atomic mass is 16.5. The molecule has 0 atom stereocenters. The van der Waals surface area contributed by atoms with Gasteiger partial charge in [-0.15, -0.1) is 0 Å². The zero-order valence-electron chi connectivity index (χ0n) is 17.6. The maximum Gasteiger partial charge on any atom is 0.335 e. The molecule has 3 rings (SSSR count). The summed E-state index contributed by atoms with van der Waals surface area (Å²) in [5.41, 5.74) is 2.00. The average molecular weight is 419 g/mol. The first-order chi connectivity index (χ1) is 15.0. The number of fused-ring (bicyclic) bond motifs is 1. The van der Waals surface area contributed by atoms with Crippen LogP contribution < -0.4 is 10.1 Å². The average Bonchev–Trinajstić information content (AvgIpc) is 2.76. The molecule has 0 saturated carbocycles. The smallest absolute Gasteiger partial charge is 0.335 e. The van der Waals surface area contributed by atoms with Crippen LogP contribution in [0.5, 0.6) is 5.75 Å². The Morgan fingerprint density at radius 1 is 1.06 bits per heavy atom. The first-order valence-corrected chi connectivity index (χ1v) is 9.92. The molecule has 0 aromatic heterocycles. The normalized spacial score (nSPS) is 11.4. The van der Waals surface area contributed by atoms with Crippen LogP contribution in [0.1, 0.15) is 21.5 Å². The number of carboxylic acids is 1. The van der Waals surface area contributed by atoms with Crippen molar-refractivity contribution in [1.29, 1.82) is 0 Å². The topological polar surface area (TPSA) is 84.9 Å². The van der Waals surface area contributed by atoms with Crippen LogP contribution in [0.15, 0.2) is 66.2 Å². The largest absolute Gasteiger partial charge is 0.488 e. The highest BCUT2D eigenvalue weighted by Crippen LogP contribution is 2.26. The Balaban J connectivity index is 1.87. The van der Waals surface area contributed by atoms with E-state index in [-0.39, 0.29) is 18.1 Å². The number of amides is 1. The SMILES string of the molecule is COCCNC(=O)C(=Cc1ccc(C(=O)O)c(C)c1)COc1cccc2ccccc12. The summed E-state index contributed by atoms with van der Waals surface area (Å²) in [7, 11) is 1.57. The Kier molecular flexibility index (Phi) is 7.40. The number of ether oxygens (including phenoxy) is 2. The zero-order valence-corrected chi connectivity index (χ0v) is 17.6. The number of hydrogen-bond acceptors (Lipinski definition) is 4. The quantitative estimate of drug-likeness (QED) is 0.403. The number of carbonyl (C=O) groups excluding carboxylic acids is 1. The van der Waals surface area contributed by atoms with Gasteiger partial charge < -0.3 is 19.9 Å². The zero-order chi connectivity index (χ0) is 22.2. The fourth-order valence-electron chi connectivity index (χ4n) is 3.25. The molecule has 1 amide bonds. The molecule has 0 aliphatic rings. The van der Waals surface area contributed by atoms with Gasteiger partial charge in [0.15, 0.2) is 0 Å². The fraction of sp³-hybridized carbons (Fsp3) is 0.200. The molecule has 31 heavy (non-hydrogen) atoms. The summed E-state index contributed by atoms with van der Waals surface area (Å²) in [5, 5.41) is 14.1. The van der Waals surface area contributed by atoms with Crippen molar-refractivity contribution >= 4 is 28.7 Å². The van der Waals surface area contributed by atoms with E-state index in [2.05, 4.69) is 5.32 Å². The van der Waals surface area contributed by atoms with E-state index >= 15 is 0 Å². The van der Waals surface area contributed by atoms with Gasteiger partial charge in [0, 0.05) is 19.0 Å². The summed E-state index contributed by atoms with van der Waals surface area (Å²) in [5.74, 6) is -0.562. The molecule has 0 fully saturated rings. The van der Waals surface area contributed by atoms with Gasteiger partial charge >= 0.3 is 5.97 Å². The lowest BCUT2D eigenvalue weighted by molar-refractivity contribution is -0.117. The molecule has 0 bridgehead atoms. The Bertz CT molecular complexity index is 1110. The minimum Gasteiger partial charge on any atom is -0.488 e. The maximum atomic E-state index is 12.8. The highest BCUT2D eigenvalue weighted by Gasteiger charge is 2.13. The van der Waals surface area contributed by atoms with Gasteiger partial charge in [-0.1, -0.05) is 48.5 Å². The van der Waals surface area contributed by atoms with Gasteiger partial charge in [0.1, 0.15) is 12.4 Å². The molecule has 2 N–H and O–H groups in total. The molecular weight excluding hydrogens is 394 g/mol. The molecule has 0 heterocycles. The van der Waals surface area contributed by atoms with Crippen molar-refractivity contribution in [2.75, 3.05) is 26.9 Å². The second-order valence-electron chi connectivity index (χ2n) is 7.06. The van der Waals surface area contributed by atoms with Crippen molar-refractivity contribution in [3.05, 3.63) is 82.9 Å². The van der Waals surface area contributed by atoms with Crippen LogP contribution in [0.2, 0.25) is 0 Å². The molecule has 0 saturated heterocycles. The third-order valence-electron chi connectivity index (χ3n) is 4.84. The van der Waals surface area contributed by atoms with E-state index in [4.69, 9.17) is 9.47 Å². The van der Waals surface area contributed by atoms with Gasteiger partial charge in [-0.25, -0.2) is 4.79 Å². The Labute approximate surface area is 181 Å². The minimum absolute atomic E-state index is 0.0621. The molecule has 6 nitrogen and oxygen atoms in total. The standard InChI is InChI=1S/C25H25NO5/c1-17-14-18(10-11-21(17)25(28)29)15-20(24(27)26-12-13-30-2)16-31-23-9-5-7-19-6-3-4-8-22(19)23/h3-11,14-15H,12-13,16H2,1-2H3,(H,26,27)(H,28,29). The van der Waals surface area contributed by atoms with Crippen LogP contribution in [0, 0.1) is 6.92 Å². The molecule has 0 spiro atoms. The lowest BCUT2D eigenvalue weighted by atomic mass is 10.0. The molecule has 160 valence electrons. The molecule has 0 aliphatic carbocycles. The number of hydrogen-bond donors (Lipinski definition) is 2. The van der Waals surface area contributed by atoms with Gasteiger partial charge in [0.05, 0.1) is 17.7 Å². The first-order valence-electron chi connectivity index (χ1n) is 9.92. The predicted molar refractivity (Wildman–Crippen MR) is 120 cm³/mol. The summed E-state index contributed by atoms with van der Waals surface area (Å²) >= 11 is 0. The summed E-state index contributed by atoms with van der Waals surface area (Å²) in [6.45, 7) is 2.56. The molecule has 0 radical (unpaired) electrons. The second-order valence-corrected chi connectivity index (χ2v) is 7.06. The number of carbonyl (C=O) groups is 2. The number of aromatic carboxylic acids is 1.